The highest BCUT2D eigenvalue weighted by molar-refractivity contribution is 5.83. The van der Waals surface area contributed by atoms with Crippen LogP contribution in [0.15, 0.2) is 30.3 Å². The number of ether oxygens (including phenoxy) is 2. The maximum Gasteiger partial charge on any atom is 0.420 e. The molecule has 2 aromatic carbocycles. The molecule has 0 atom stereocenters. The summed E-state index contributed by atoms with van der Waals surface area (Å²) < 4.78 is 53.0. The summed E-state index contributed by atoms with van der Waals surface area (Å²) in [5.41, 5.74) is -0.574. The van der Waals surface area contributed by atoms with Crippen LogP contribution in [-0.4, -0.2) is 40.1 Å². The van der Waals surface area contributed by atoms with Gasteiger partial charge in [0.25, 0.3) is 0 Å². The number of para-hydroxylation sites is 2. The van der Waals surface area contributed by atoms with Crippen LogP contribution in [0.5, 0.6) is 17.2 Å². The molecular formula is C18H15F3N2O4. The summed E-state index contributed by atoms with van der Waals surface area (Å²) in [5.74, 6) is -2.52. The lowest BCUT2D eigenvalue weighted by Gasteiger charge is -2.30. The first-order valence-corrected chi connectivity index (χ1v) is 8.08. The summed E-state index contributed by atoms with van der Waals surface area (Å²) in [4.78, 5) is 4.37. The fourth-order valence-electron chi connectivity index (χ4n) is 3.23. The second kappa shape index (κ2) is 6.05. The number of hydrogen-bond acceptors (Lipinski definition) is 5. The highest BCUT2D eigenvalue weighted by Crippen LogP contribution is 2.50. The van der Waals surface area contributed by atoms with Gasteiger partial charge in [-0.15, -0.1) is 0 Å². The Labute approximate surface area is 151 Å². The van der Waals surface area contributed by atoms with E-state index in [2.05, 4.69) is 4.98 Å². The van der Waals surface area contributed by atoms with E-state index in [1.807, 2.05) is 0 Å². The van der Waals surface area contributed by atoms with Crippen LogP contribution in [0.1, 0.15) is 11.6 Å². The van der Waals surface area contributed by atoms with Crippen molar-refractivity contribution in [2.75, 3.05) is 20.3 Å². The van der Waals surface area contributed by atoms with Gasteiger partial charge >= 0.3 is 6.18 Å². The molecule has 1 aliphatic rings. The lowest BCUT2D eigenvalue weighted by atomic mass is 10.0. The number of aromatic hydroxyl groups is 2. The normalized spacial score (nSPS) is 15.1. The summed E-state index contributed by atoms with van der Waals surface area (Å²) >= 11 is 0. The van der Waals surface area contributed by atoms with E-state index in [-0.39, 0.29) is 23.2 Å². The molecule has 6 nitrogen and oxygen atoms in total. The van der Waals surface area contributed by atoms with Crippen LogP contribution in [0.2, 0.25) is 0 Å². The summed E-state index contributed by atoms with van der Waals surface area (Å²) in [6.45, 7) is 0.686. The standard InChI is InChI=1S/C18H15F3N2O4/c1-26-13-6-10(14(18(19,20)21)16(25)15(13)24)17-22-11-4-2-3-5-12(11)23(17)9-7-27-8-9/h2-6,9,24-25H,7-8H2,1H3. The van der Waals surface area contributed by atoms with Crippen LogP contribution < -0.4 is 4.74 Å². The number of phenolic OH excluding ortho intramolecular Hbond substituents is 2. The van der Waals surface area contributed by atoms with Gasteiger partial charge in [0.15, 0.2) is 11.5 Å². The van der Waals surface area contributed by atoms with Gasteiger partial charge in [-0.3, -0.25) is 0 Å². The summed E-state index contributed by atoms with van der Waals surface area (Å²) in [6.07, 6.45) is -4.91. The SMILES string of the molecule is COc1cc(-c2nc3ccccc3n2C2COC2)c(C(F)(F)F)c(O)c1O. The molecule has 0 spiro atoms. The van der Waals surface area contributed by atoms with Gasteiger partial charge < -0.3 is 24.3 Å². The van der Waals surface area contributed by atoms with Gasteiger partial charge in [0.1, 0.15) is 11.4 Å². The van der Waals surface area contributed by atoms with Crippen LogP contribution >= 0.6 is 0 Å². The molecule has 0 amide bonds. The van der Waals surface area contributed by atoms with Crippen molar-refractivity contribution in [3.63, 3.8) is 0 Å². The first kappa shape index (κ1) is 17.5. The van der Waals surface area contributed by atoms with Crippen molar-refractivity contribution in [3.8, 4) is 28.6 Å². The molecule has 3 aromatic rings. The molecule has 1 aliphatic heterocycles. The van der Waals surface area contributed by atoms with Crippen molar-refractivity contribution >= 4 is 11.0 Å². The zero-order valence-electron chi connectivity index (χ0n) is 14.1. The largest absolute Gasteiger partial charge is 0.504 e. The van der Waals surface area contributed by atoms with Gasteiger partial charge in [-0.2, -0.15) is 13.2 Å². The smallest absolute Gasteiger partial charge is 0.420 e. The number of benzene rings is 2. The van der Waals surface area contributed by atoms with Crippen molar-refractivity contribution < 1.29 is 32.9 Å². The Morgan fingerprint density at radius 2 is 1.89 bits per heavy atom. The van der Waals surface area contributed by atoms with Gasteiger partial charge in [0, 0.05) is 5.56 Å². The number of fused-ring (bicyclic) bond motifs is 1. The Balaban J connectivity index is 2.08. The van der Waals surface area contributed by atoms with Gasteiger partial charge in [0.05, 0.1) is 37.4 Å². The third kappa shape index (κ3) is 2.66. The average Bonchev–Trinajstić information content (AvgIpc) is 2.94. The minimum atomic E-state index is -4.91. The molecule has 0 bridgehead atoms. The maximum atomic E-state index is 13.7. The van der Waals surface area contributed by atoms with Crippen LogP contribution in [0.25, 0.3) is 22.4 Å². The van der Waals surface area contributed by atoms with Crippen LogP contribution in [-0.2, 0) is 10.9 Å². The third-order valence-electron chi connectivity index (χ3n) is 4.56. The lowest BCUT2D eigenvalue weighted by molar-refractivity contribution is -0.138. The maximum absolute atomic E-state index is 13.7. The van der Waals surface area contributed by atoms with Crippen LogP contribution in [0.3, 0.4) is 0 Å². The molecule has 9 heteroatoms. The van der Waals surface area contributed by atoms with E-state index in [0.717, 1.165) is 6.07 Å². The number of aromatic nitrogens is 2. The zero-order valence-corrected chi connectivity index (χ0v) is 14.1. The highest BCUT2D eigenvalue weighted by Gasteiger charge is 2.41. The fourth-order valence-corrected chi connectivity index (χ4v) is 3.23. The van der Waals surface area contributed by atoms with Crippen molar-refractivity contribution in [3.05, 3.63) is 35.9 Å². The van der Waals surface area contributed by atoms with Crippen molar-refractivity contribution in [1.82, 2.24) is 9.55 Å². The molecule has 0 aliphatic carbocycles. The fraction of sp³-hybridized carbons (Fsp3) is 0.278. The number of hydrogen-bond donors (Lipinski definition) is 2. The Kier molecular flexibility index (Phi) is 3.92. The molecule has 1 aromatic heterocycles. The number of methoxy groups -OCH3 is 1. The van der Waals surface area contributed by atoms with E-state index in [1.165, 1.54) is 7.11 Å². The lowest BCUT2D eigenvalue weighted by Crippen LogP contribution is -2.31. The van der Waals surface area contributed by atoms with E-state index in [9.17, 15) is 23.4 Å². The summed E-state index contributed by atoms with van der Waals surface area (Å²) in [7, 11) is 1.19. The first-order valence-electron chi connectivity index (χ1n) is 8.08. The topological polar surface area (TPSA) is 76.7 Å². The minimum Gasteiger partial charge on any atom is -0.504 e. The number of halogens is 3. The van der Waals surface area contributed by atoms with Crippen molar-refractivity contribution in [1.29, 1.82) is 0 Å². The molecule has 1 saturated heterocycles. The van der Waals surface area contributed by atoms with Gasteiger partial charge in [-0.1, -0.05) is 12.1 Å². The predicted octanol–water partition coefficient (Wildman–Crippen LogP) is 3.71. The van der Waals surface area contributed by atoms with E-state index >= 15 is 0 Å². The molecule has 1 fully saturated rings. The second-order valence-corrected chi connectivity index (χ2v) is 6.18. The molecule has 2 N–H and O–H groups in total. The van der Waals surface area contributed by atoms with Gasteiger partial charge in [0.2, 0.25) is 5.75 Å². The molecule has 0 unspecified atom stereocenters. The van der Waals surface area contributed by atoms with Gasteiger partial charge in [-0.25, -0.2) is 4.98 Å². The van der Waals surface area contributed by atoms with Gasteiger partial charge in [-0.05, 0) is 18.2 Å². The third-order valence-corrected chi connectivity index (χ3v) is 4.56. The summed E-state index contributed by atoms with van der Waals surface area (Å²) in [6, 6.07) is 7.81. The van der Waals surface area contributed by atoms with E-state index < -0.39 is 23.2 Å². The Bertz CT molecular complexity index is 1030. The van der Waals surface area contributed by atoms with E-state index in [1.54, 1.807) is 28.8 Å². The molecule has 4 rings (SSSR count). The van der Waals surface area contributed by atoms with Crippen molar-refractivity contribution in [2.24, 2.45) is 0 Å². The zero-order chi connectivity index (χ0) is 19.3. The van der Waals surface area contributed by atoms with E-state index in [4.69, 9.17) is 9.47 Å². The van der Waals surface area contributed by atoms with E-state index in [0.29, 0.717) is 24.2 Å². The Morgan fingerprint density at radius 3 is 2.48 bits per heavy atom. The Hall–Kier alpha value is -2.94. The number of imidazole rings is 1. The Morgan fingerprint density at radius 1 is 1.19 bits per heavy atom. The molecule has 142 valence electrons. The molecule has 0 radical (unpaired) electrons. The minimum absolute atomic E-state index is 0.0189. The molecule has 2 heterocycles. The number of rotatable bonds is 3. The highest BCUT2D eigenvalue weighted by atomic mass is 19.4. The quantitative estimate of drug-likeness (QED) is 0.678. The average molecular weight is 380 g/mol. The number of phenols is 2. The number of nitrogens with zero attached hydrogens (tertiary/aromatic N) is 2. The molecular weight excluding hydrogens is 365 g/mol. The molecule has 27 heavy (non-hydrogen) atoms. The molecule has 0 saturated carbocycles. The second-order valence-electron chi connectivity index (χ2n) is 6.18. The van der Waals surface area contributed by atoms with Crippen LogP contribution in [0.4, 0.5) is 13.2 Å². The van der Waals surface area contributed by atoms with Crippen molar-refractivity contribution in [2.45, 2.75) is 12.2 Å². The summed E-state index contributed by atoms with van der Waals surface area (Å²) in [5, 5.41) is 19.9. The number of alkyl halides is 3. The first-order chi connectivity index (χ1) is 12.8. The monoisotopic (exact) mass is 380 g/mol. The van der Waals surface area contributed by atoms with Crippen LogP contribution in [0, 0.1) is 0 Å². The predicted molar refractivity (Wildman–Crippen MR) is 89.9 cm³/mol.